The van der Waals surface area contributed by atoms with E-state index >= 15 is 0 Å². The number of nitrogens with zero attached hydrogens (tertiary/aromatic N) is 3. The van der Waals surface area contributed by atoms with Crippen LogP contribution in [-0.2, 0) is 0 Å². The Kier molecular flexibility index (Phi) is 3.36. The highest BCUT2D eigenvalue weighted by Crippen LogP contribution is 2.29. The number of anilines is 1. The molecule has 3 aromatic rings. The predicted molar refractivity (Wildman–Crippen MR) is 80.6 cm³/mol. The van der Waals surface area contributed by atoms with Crippen molar-refractivity contribution in [3.05, 3.63) is 59.2 Å². The first-order valence-electron chi connectivity index (χ1n) is 6.72. The molecule has 0 aliphatic rings. The highest BCUT2D eigenvalue weighted by Gasteiger charge is 2.18. The number of hydrogen-bond donors (Lipinski definition) is 1. The number of para-hydroxylation sites is 1. The van der Waals surface area contributed by atoms with E-state index in [1.165, 1.54) is 4.68 Å². The van der Waals surface area contributed by atoms with Crippen molar-refractivity contribution in [3.63, 3.8) is 0 Å². The van der Waals surface area contributed by atoms with Crippen molar-refractivity contribution in [2.24, 2.45) is 0 Å². The molecule has 22 heavy (non-hydrogen) atoms. The van der Waals surface area contributed by atoms with Crippen molar-refractivity contribution < 1.29 is 8.78 Å². The molecule has 0 atom stereocenters. The third kappa shape index (κ3) is 2.22. The van der Waals surface area contributed by atoms with Crippen LogP contribution in [0, 0.1) is 25.5 Å². The topological polar surface area (TPSA) is 56.7 Å². The van der Waals surface area contributed by atoms with Gasteiger partial charge in [0.2, 0.25) is 0 Å². The maximum atomic E-state index is 13.9. The van der Waals surface area contributed by atoms with E-state index in [0.717, 1.165) is 35.0 Å². The van der Waals surface area contributed by atoms with E-state index in [9.17, 15) is 8.78 Å². The van der Waals surface area contributed by atoms with Gasteiger partial charge in [0.1, 0.15) is 17.3 Å². The van der Waals surface area contributed by atoms with E-state index in [0.29, 0.717) is 0 Å². The van der Waals surface area contributed by atoms with Gasteiger partial charge in [0.15, 0.2) is 5.82 Å². The molecule has 2 N–H and O–H groups in total. The molecule has 6 heteroatoms. The zero-order valence-corrected chi connectivity index (χ0v) is 12.1. The summed E-state index contributed by atoms with van der Waals surface area (Å²) in [4.78, 5) is 0. The minimum Gasteiger partial charge on any atom is -0.382 e. The fourth-order valence-corrected chi connectivity index (χ4v) is 2.46. The van der Waals surface area contributed by atoms with Crippen LogP contribution in [0.1, 0.15) is 11.1 Å². The molecule has 1 heterocycles. The van der Waals surface area contributed by atoms with Crippen molar-refractivity contribution in [2.75, 3.05) is 5.73 Å². The lowest BCUT2D eigenvalue weighted by Crippen LogP contribution is -2.06. The number of halogens is 2. The van der Waals surface area contributed by atoms with Gasteiger partial charge in [-0.2, -0.15) is 4.68 Å². The summed E-state index contributed by atoms with van der Waals surface area (Å²) in [6.45, 7) is 3.85. The Bertz CT molecular complexity index is 835. The Morgan fingerprint density at radius 3 is 2.41 bits per heavy atom. The molecule has 0 spiro atoms. The number of nitrogens with two attached hydrogens (primary N) is 1. The Balaban J connectivity index is 2.20. The fraction of sp³-hybridized carbons (Fsp3) is 0.125. The van der Waals surface area contributed by atoms with E-state index in [2.05, 4.69) is 10.3 Å². The zero-order valence-electron chi connectivity index (χ0n) is 12.1. The Morgan fingerprint density at radius 2 is 1.73 bits per heavy atom. The van der Waals surface area contributed by atoms with E-state index in [1.807, 2.05) is 32.0 Å². The van der Waals surface area contributed by atoms with Crippen molar-refractivity contribution in [3.8, 4) is 16.9 Å². The molecule has 0 aliphatic carbocycles. The van der Waals surface area contributed by atoms with E-state index in [4.69, 9.17) is 5.73 Å². The number of hydrogen-bond acceptors (Lipinski definition) is 3. The van der Waals surface area contributed by atoms with Crippen molar-refractivity contribution in [1.82, 2.24) is 15.0 Å². The average molecular weight is 300 g/mol. The summed E-state index contributed by atoms with van der Waals surface area (Å²) in [5.74, 6) is -0.985. The number of benzene rings is 2. The number of nitrogen functional groups attached to an aromatic ring is 1. The maximum Gasteiger partial charge on any atom is 0.156 e. The summed E-state index contributed by atoms with van der Waals surface area (Å²) in [7, 11) is 0. The molecule has 0 aliphatic heterocycles. The van der Waals surface area contributed by atoms with Crippen molar-refractivity contribution >= 4 is 5.82 Å². The summed E-state index contributed by atoms with van der Waals surface area (Å²) in [5, 5.41) is 7.94. The normalized spacial score (nSPS) is 10.9. The molecule has 3 rings (SSSR count). The summed E-state index contributed by atoms with van der Waals surface area (Å²) in [5.41, 5.74) is 8.90. The molecule has 0 bridgehead atoms. The quantitative estimate of drug-likeness (QED) is 0.789. The second-order valence-electron chi connectivity index (χ2n) is 5.10. The van der Waals surface area contributed by atoms with Gasteiger partial charge in [0.25, 0.3) is 0 Å². The third-order valence-corrected chi connectivity index (χ3v) is 3.54. The minimum absolute atomic E-state index is 0.00464. The number of aryl methyl sites for hydroxylation is 2. The smallest absolute Gasteiger partial charge is 0.156 e. The van der Waals surface area contributed by atoms with Gasteiger partial charge >= 0.3 is 0 Å². The lowest BCUT2D eigenvalue weighted by atomic mass is 10.1. The summed E-state index contributed by atoms with van der Waals surface area (Å²) in [6, 6.07) is 8.92. The molecule has 0 unspecified atom stereocenters. The largest absolute Gasteiger partial charge is 0.382 e. The SMILES string of the molecule is Cc1cccc(C)c1-n1nnc(-c2cc(F)ccc2F)c1N. The van der Waals surface area contributed by atoms with Crippen LogP contribution in [0.25, 0.3) is 16.9 Å². The fourth-order valence-electron chi connectivity index (χ4n) is 2.46. The summed E-state index contributed by atoms with van der Waals surface area (Å²) in [6.07, 6.45) is 0. The Labute approximate surface area is 126 Å². The molecule has 1 aromatic heterocycles. The van der Waals surface area contributed by atoms with Gasteiger partial charge in [-0.05, 0) is 43.2 Å². The van der Waals surface area contributed by atoms with E-state index in [1.54, 1.807) is 0 Å². The van der Waals surface area contributed by atoms with Gasteiger partial charge < -0.3 is 5.73 Å². The molecule has 0 fully saturated rings. The molecule has 2 aromatic carbocycles. The molecule has 112 valence electrons. The summed E-state index contributed by atoms with van der Waals surface area (Å²) >= 11 is 0. The predicted octanol–water partition coefficient (Wildman–Crippen LogP) is 3.41. The number of aromatic nitrogens is 3. The van der Waals surface area contributed by atoms with Crippen LogP contribution in [0.5, 0.6) is 0 Å². The lowest BCUT2D eigenvalue weighted by molar-refractivity contribution is 0.602. The molecule has 0 radical (unpaired) electrons. The maximum absolute atomic E-state index is 13.9. The van der Waals surface area contributed by atoms with Crippen LogP contribution in [0.2, 0.25) is 0 Å². The van der Waals surface area contributed by atoms with Crippen LogP contribution < -0.4 is 5.73 Å². The van der Waals surface area contributed by atoms with Crippen LogP contribution in [0.3, 0.4) is 0 Å². The van der Waals surface area contributed by atoms with Crippen molar-refractivity contribution in [1.29, 1.82) is 0 Å². The number of rotatable bonds is 2. The Hall–Kier alpha value is -2.76. The average Bonchev–Trinajstić information content (AvgIpc) is 2.83. The standard InChI is InChI=1S/C16H14F2N4/c1-9-4-3-5-10(2)15(9)22-16(19)14(20-21-22)12-8-11(17)6-7-13(12)18/h3-8H,19H2,1-2H3. The first kappa shape index (κ1) is 14.2. The van der Waals surface area contributed by atoms with Crippen molar-refractivity contribution in [2.45, 2.75) is 13.8 Å². The van der Waals surface area contributed by atoms with Crippen LogP contribution >= 0.6 is 0 Å². The van der Waals surface area contributed by atoms with E-state index in [-0.39, 0.29) is 17.1 Å². The van der Waals surface area contributed by atoms with E-state index < -0.39 is 11.6 Å². The molecule has 4 nitrogen and oxygen atoms in total. The second kappa shape index (κ2) is 5.22. The summed E-state index contributed by atoms with van der Waals surface area (Å²) < 4.78 is 28.7. The lowest BCUT2D eigenvalue weighted by Gasteiger charge is -2.10. The molecule has 0 amide bonds. The first-order chi connectivity index (χ1) is 10.5. The van der Waals surface area contributed by atoms with Gasteiger partial charge in [-0.3, -0.25) is 0 Å². The Morgan fingerprint density at radius 1 is 1.05 bits per heavy atom. The molecule has 0 saturated heterocycles. The van der Waals surface area contributed by atoms with Crippen LogP contribution in [0.4, 0.5) is 14.6 Å². The van der Waals surface area contributed by atoms with Gasteiger partial charge in [-0.1, -0.05) is 23.4 Å². The van der Waals surface area contributed by atoms with Gasteiger partial charge in [-0.25, -0.2) is 8.78 Å². The van der Waals surface area contributed by atoms with Gasteiger partial charge in [0.05, 0.1) is 5.69 Å². The van der Waals surface area contributed by atoms with Crippen LogP contribution in [-0.4, -0.2) is 15.0 Å². The molecule has 0 saturated carbocycles. The molecular formula is C16H14F2N4. The minimum atomic E-state index is -0.596. The van der Waals surface area contributed by atoms with Gasteiger partial charge in [0, 0.05) is 5.56 Å². The monoisotopic (exact) mass is 300 g/mol. The second-order valence-corrected chi connectivity index (χ2v) is 5.10. The zero-order chi connectivity index (χ0) is 15.9. The van der Waals surface area contributed by atoms with Gasteiger partial charge in [-0.15, -0.1) is 5.10 Å². The highest BCUT2D eigenvalue weighted by atomic mass is 19.1. The molecular weight excluding hydrogens is 286 g/mol. The third-order valence-electron chi connectivity index (χ3n) is 3.54. The highest BCUT2D eigenvalue weighted by molar-refractivity contribution is 5.72. The van der Waals surface area contributed by atoms with Crippen LogP contribution in [0.15, 0.2) is 36.4 Å². The first-order valence-corrected chi connectivity index (χ1v) is 6.72.